The van der Waals surface area contributed by atoms with Gasteiger partial charge in [0.1, 0.15) is 0 Å². The predicted molar refractivity (Wildman–Crippen MR) is 77.3 cm³/mol. The zero-order valence-electron chi connectivity index (χ0n) is 12.9. The van der Waals surface area contributed by atoms with Crippen molar-refractivity contribution in [3.63, 3.8) is 0 Å². The van der Waals surface area contributed by atoms with E-state index < -0.39 is 47.5 Å². The van der Waals surface area contributed by atoms with E-state index >= 15 is 0 Å². The molecule has 2 saturated carbocycles. The van der Waals surface area contributed by atoms with Crippen molar-refractivity contribution in [2.75, 3.05) is 0 Å². The Morgan fingerprint density at radius 1 is 0.609 bits per heavy atom. The molecule has 0 aliphatic heterocycles. The first-order valence-electron chi connectivity index (χ1n) is 8.13. The number of carbonyl (C=O) groups excluding carboxylic acids is 2. The molecule has 0 aromatic heterocycles. The van der Waals surface area contributed by atoms with E-state index in [1.165, 1.54) is 0 Å². The summed E-state index contributed by atoms with van der Waals surface area (Å²) in [7, 11) is 0. The molecule has 2 aliphatic rings. The molecule has 2 aliphatic carbocycles. The van der Waals surface area contributed by atoms with Gasteiger partial charge in [0.2, 0.25) is 0 Å². The average Bonchev–Trinajstić information content (AvgIpc) is 2.54. The van der Waals surface area contributed by atoms with Gasteiger partial charge in [-0.2, -0.15) is 0 Å². The summed E-state index contributed by atoms with van der Waals surface area (Å²) in [5.74, 6) is -7.06. The number of carboxylic acid groups (broad SMARTS) is 2. The Morgan fingerprint density at radius 3 is 1.22 bits per heavy atom. The van der Waals surface area contributed by atoms with Gasteiger partial charge in [-0.25, -0.2) is 0 Å². The third-order valence-electron chi connectivity index (χ3n) is 4.97. The van der Waals surface area contributed by atoms with E-state index in [1.54, 1.807) is 0 Å². The molecule has 0 unspecified atom stereocenters. The lowest BCUT2D eigenvalue weighted by molar-refractivity contribution is -0.174. The molecule has 0 aromatic carbocycles. The van der Waals surface area contributed by atoms with E-state index in [2.05, 4.69) is 0 Å². The van der Waals surface area contributed by atoms with Crippen LogP contribution in [0.5, 0.6) is 0 Å². The second-order valence-corrected chi connectivity index (χ2v) is 6.41. The Labute approximate surface area is 134 Å². The van der Waals surface area contributed by atoms with Crippen LogP contribution in [0, 0.1) is 23.7 Å². The fourth-order valence-corrected chi connectivity index (χ4v) is 3.67. The van der Waals surface area contributed by atoms with Gasteiger partial charge in [-0.05, 0) is 25.7 Å². The fraction of sp³-hybridized carbons (Fsp3) is 0.750. The number of ether oxygens (including phenoxy) is 1. The lowest BCUT2D eigenvalue weighted by Gasteiger charge is -2.29. The van der Waals surface area contributed by atoms with E-state index in [4.69, 9.17) is 4.74 Å². The minimum atomic E-state index is -1.06. The summed E-state index contributed by atoms with van der Waals surface area (Å²) in [6.07, 6.45) is 4.47. The SMILES string of the molecule is O=C(O)[C@H]1CCCC[C@@H]1C(=O)OC(=O)[C@@H]1CCCC[C@H]1C(=O)O. The van der Waals surface area contributed by atoms with Crippen molar-refractivity contribution in [2.45, 2.75) is 51.4 Å². The van der Waals surface area contributed by atoms with Crippen LogP contribution in [0.15, 0.2) is 0 Å². The number of carbonyl (C=O) groups is 4. The lowest BCUT2D eigenvalue weighted by atomic mass is 9.78. The quantitative estimate of drug-likeness (QED) is 0.597. The number of rotatable bonds is 4. The minimum absolute atomic E-state index is 0.385. The first-order chi connectivity index (χ1) is 10.9. The molecule has 2 N–H and O–H groups in total. The second kappa shape index (κ2) is 7.57. The summed E-state index contributed by atoms with van der Waals surface area (Å²) < 4.78 is 4.89. The predicted octanol–water partition coefficient (Wildman–Crippen LogP) is 1.84. The van der Waals surface area contributed by atoms with E-state index in [9.17, 15) is 29.4 Å². The van der Waals surface area contributed by atoms with Crippen molar-refractivity contribution < 1.29 is 34.1 Å². The van der Waals surface area contributed by atoms with Crippen LogP contribution in [0.2, 0.25) is 0 Å². The molecule has 23 heavy (non-hydrogen) atoms. The molecule has 0 bridgehead atoms. The Bertz CT molecular complexity index is 455. The highest BCUT2D eigenvalue weighted by Crippen LogP contribution is 2.34. The molecule has 2 rings (SSSR count). The van der Waals surface area contributed by atoms with Crippen LogP contribution >= 0.6 is 0 Å². The fourth-order valence-electron chi connectivity index (χ4n) is 3.67. The van der Waals surface area contributed by atoms with Crippen LogP contribution in [-0.4, -0.2) is 34.1 Å². The van der Waals surface area contributed by atoms with Gasteiger partial charge in [0.25, 0.3) is 0 Å². The smallest absolute Gasteiger partial charge is 0.317 e. The zero-order chi connectivity index (χ0) is 17.0. The zero-order valence-corrected chi connectivity index (χ0v) is 12.9. The normalized spacial score (nSPS) is 31.1. The van der Waals surface area contributed by atoms with Crippen LogP contribution in [0.25, 0.3) is 0 Å². The topological polar surface area (TPSA) is 118 Å². The van der Waals surface area contributed by atoms with Crippen LogP contribution in [0.3, 0.4) is 0 Å². The van der Waals surface area contributed by atoms with Crippen molar-refractivity contribution in [3.8, 4) is 0 Å². The van der Waals surface area contributed by atoms with E-state index in [0.29, 0.717) is 25.7 Å². The number of hydrogen-bond donors (Lipinski definition) is 2. The van der Waals surface area contributed by atoms with Crippen molar-refractivity contribution in [2.24, 2.45) is 23.7 Å². The van der Waals surface area contributed by atoms with Gasteiger partial charge in [0.05, 0.1) is 23.7 Å². The molecule has 7 nitrogen and oxygen atoms in total. The highest BCUT2D eigenvalue weighted by molar-refractivity contribution is 5.92. The summed E-state index contributed by atoms with van der Waals surface area (Å²) in [5, 5.41) is 18.4. The van der Waals surface area contributed by atoms with E-state index in [1.807, 2.05) is 0 Å². The molecular weight excluding hydrogens is 304 g/mol. The molecule has 0 radical (unpaired) electrons. The molecule has 7 heteroatoms. The second-order valence-electron chi connectivity index (χ2n) is 6.41. The molecule has 0 heterocycles. The molecule has 0 amide bonds. The van der Waals surface area contributed by atoms with Gasteiger partial charge in [-0.3, -0.25) is 19.2 Å². The van der Waals surface area contributed by atoms with Crippen molar-refractivity contribution in [1.29, 1.82) is 0 Å². The van der Waals surface area contributed by atoms with E-state index in [0.717, 1.165) is 25.7 Å². The maximum atomic E-state index is 12.2. The first kappa shape index (κ1) is 17.4. The highest BCUT2D eigenvalue weighted by atomic mass is 16.6. The number of carboxylic acids is 2. The Kier molecular flexibility index (Phi) is 5.74. The van der Waals surface area contributed by atoms with Gasteiger partial charge < -0.3 is 14.9 Å². The Morgan fingerprint density at radius 2 is 0.913 bits per heavy atom. The third-order valence-corrected chi connectivity index (χ3v) is 4.97. The molecule has 0 saturated heterocycles. The summed E-state index contributed by atoms with van der Waals surface area (Å²) in [6.45, 7) is 0. The van der Waals surface area contributed by atoms with Gasteiger partial charge in [-0.15, -0.1) is 0 Å². The van der Waals surface area contributed by atoms with Gasteiger partial charge >= 0.3 is 23.9 Å². The molecular formula is C16H22O7. The average molecular weight is 326 g/mol. The monoisotopic (exact) mass is 326 g/mol. The van der Waals surface area contributed by atoms with Gasteiger partial charge in [-0.1, -0.05) is 25.7 Å². The van der Waals surface area contributed by atoms with Crippen LogP contribution in [0.1, 0.15) is 51.4 Å². The van der Waals surface area contributed by atoms with Crippen molar-refractivity contribution in [1.82, 2.24) is 0 Å². The van der Waals surface area contributed by atoms with Crippen molar-refractivity contribution >= 4 is 23.9 Å². The Hall–Kier alpha value is -1.92. The first-order valence-corrected chi connectivity index (χ1v) is 8.13. The number of aliphatic carboxylic acids is 2. The van der Waals surface area contributed by atoms with E-state index in [-0.39, 0.29) is 0 Å². The van der Waals surface area contributed by atoms with Crippen LogP contribution < -0.4 is 0 Å². The summed E-state index contributed by atoms with van der Waals surface area (Å²) in [5.41, 5.74) is 0. The highest BCUT2D eigenvalue weighted by Gasteiger charge is 2.41. The maximum absolute atomic E-state index is 12.2. The summed E-state index contributed by atoms with van der Waals surface area (Å²) in [4.78, 5) is 46.8. The summed E-state index contributed by atoms with van der Waals surface area (Å²) in [6, 6.07) is 0. The molecule has 0 aromatic rings. The van der Waals surface area contributed by atoms with Gasteiger partial charge in [0, 0.05) is 0 Å². The van der Waals surface area contributed by atoms with Crippen LogP contribution in [0.4, 0.5) is 0 Å². The minimum Gasteiger partial charge on any atom is -0.481 e. The number of esters is 2. The maximum Gasteiger partial charge on any atom is 0.317 e. The standard InChI is InChI=1S/C16H22O7/c17-13(18)9-5-1-3-7-11(9)15(21)23-16(22)12-8-4-2-6-10(12)14(19)20/h9-12H,1-8H2,(H,17,18)(H,19,20)/t9-,10+,11-,12+. The largest absolute Gasteiger partial charge is 0.481 e. The van der Waals surface area contributed by atoms with Gasteiger partial charge in [0.15, 0.2) is 0 Å². The molecule has 4 atom stereocenters. The Balaban J connectivity index is 2.01. The van der Waals surface area contributed by atoms with Crippen LogP contribution in [-0.2, 0) is 23.9 Å². The lowest BCUT2D eigenvalue weighted by Crippen LogP contribution is -2.38. The molecule has 2 fully saturated rings. The van der Waals surface area contributed by atoms with Crippen molar-refractivity contribution in [3.05, 3.63) is 0 Å². The third kappa shape index (κ3) is 4.09. The summed E-state index contributed by atoms with van der Waals surface area (Å²) >= 11 is 0. The number of hydrogen-bond acceptors (Lipinski definition) is 5. The molecule has 0 spiro atoms. The molecule has 128 valence electrons.